The molecule has 1 fully saturated rings. The Morgan fingerprint density at radius 2 is 2.05 bits per heavy atom. The van der Waals surface area contributed by atoms with E-state index in [4.69, 9.17) is 5.26 Å². The van der Waals surface area contributed by atoms with Crippen LogP contribution in [0.5, 0.6) is 0 Å². The molecule has 0 spiro atoms. The molecular weight excluding hydrogens is 238 g/mol. The van der Waals surface area contributed by atoms with Crippen LogP contribution in [0, 0.1) is 18.3 Å². The first-order valence-electron chi connectivity index (χ1n) is 6.89. The van der Waals surface area contributed by atoms with Gasteiger partial charge < -0.3 is 9.80 Å². The Hall–Kier alpha value is -1.83. The summed E-state index contributed by atoms with van der Waals surface area (Å²) < 4.78 is 0. The van der Waals surface area contributed by atoms with Crippen molar-refractivity contribution in [1.29, 1.82) is 5.26 Å². The van der Waals surface area contributed by atoms with E-state index in [1.54, 1.807) is 0 Å². The largest absolute Gasteiger partial charge is 0.358 e. The predicted molar refractivity (Wildman–Crippen MR) is 76.3 cm³/mol. The molecule has 0 N–H and O–H groups in total. The van der Waals surface area contributed by atoms with Gasteiger partial charge >= 0.3 is 0 Å². The number of piperidine rings is 1. The first-order chi connectivity index (χ1) is 9.20. The van der Waals surface area contributed by atoms with Crippen molar-refractivity contribution in [3.8, 4) is 6.07 Å². The maximum atomic E-state index is 8.66. The standard InChI is InChI=1S/C14H21N5/c1-12-16-13(18(2)8-6-7-15)11-14(17-12)19-9-4-3-5-10-19/h11H,3-6,8-10H2,1-2H3. The summed E-state index contributed by atoms with van der Waals surface area (Å²) in [7, 11) is 1.97. The minimum Gasteiger partial charge on any atom is -0.358 e. The molecule has 1 aliphatic rings. The van der Waals surface area contributed by atoms with Crippen LogP contribution in [-0.2, 0) is 0 Å². The van der Waals surface area contributed by atoms with Crippen molar-refractivity contribution in [3.63, 3.8) is 0 Å². The van der Waals surface area contributed by atoms with Gasteiger partial charge in [-0.25, -0.2) is 9.97 Å². The number of nitrogens with zero attached hydrogens (tertiary/aromatic N) is 5. The topological polar surface area (TPSA) is 56.1 Å². The molecule has 1 aromatic heterocycles. The monoisotopic (exact) mass is 259 g/mol. The Balaban J connectivity index is 2.16. The number of nitriles is 1. The number of aromatic nitrogens is 2. The predicted octanol–water partition coefficient (Wildman–Crippen LogP) is 2.13. The Labute approximate surface area is 114 Å². The van der Waals surface area contributed by atoms with Crippen molar-refractivity contribution in [2.24, 2.45) is 0 Å². The molecule has 0 bridgehead atoms. The fourth-order valence-electron chi connectivity index (χ4n) is 2.35. The Kier molecular flexibility index (Phi) is 4.56. The summed E-state index contributed by atoms with van der Waals surface area (Å²) in [4.78, 5) is 13.4. The normalized spacial score (nSPS) is 15.1. The third-order valence-electron chi connectivity index (χ3n) is 3.44. The van der Waals surface area contributed by atoms with Crippen molar-refractivity contribution in [2.45, 2.75) is 32.6 Å². The van der Waals surface area contributed by atoms with Gasteiger partial charge in [0.2, 0.25) is 0 Å². The van der Waals surface area contributed by atoms with Crippen LogP contribution in [0.2, 0.25) is 0 Å². The highest BCUT2D eigenvalue weighted by molar-refractivity contribution is 5.50. The molecule has 2 rings (SSSR count). The van der Waals surface area contributed by atoms with Crippen LogP contribution in [0.1, 0.15) is 31.5 Å². The number of hydrogen-bond acceptors (Lipinski definition) is 5. The third-order valence-corrected chi connectivity index (χ3v) is 3.44. The summed E-state index contributed by atoms with van der Waals surface area (Å²) in [6.07, 6.45) is 4.30. The van der Waals surface area contributed by atoms with Gasteiger partial charge in [-0.05, 0) is 26.2 Å². The first kappa shape index (κ1) is 13.6. The molecule has 0 amide bonds. The van der Waals surface area contributed by atoms with Gasteiger partial charge in [-0.2, -0.15) is 5.26 Å². The van der Waals surface area contributed by atoms with Gasteiger partial charge in [-0.1, -0.05) is 0 Å². The van der Waals surface area contributed by atoms with Gasteiger partial charge in [0.15, 0.2) is 0 Å². The van der Waals surface area contributed by atoms with Crippen LogP contribution in [0.15, 0.2) is 6.07 Å². The summed E-state index contributed by atoms with van der Waals surface area (Å²) in [5.74, 6) is 2.72. The average Bonchev–Trinajstić information content (AvgIpc) is 2.45. The molecule has 1 saturated heterocycles. The molecule has 1 aliphatic heterocycles. The number of rotatable bonds is 4. The average molecular weight is 259 g/mol. The van der Waals surface area contributed by atoms with E-state index in [9.17, 15) is 0 Å². The van der Waals surface area contributed by atoms with Crippen LogP contribution >= 0.6 is 0 Å². The van der Waals surface area contributed by atoms with E-state index in [0.29, 0.717) is 13.0 Å². The fourth-order valence-corrected chi connectivity index (χ4v) is 2.35. The van der Waals surface area contributed by atoms with Crippen molar-refractivity contribution in [3.05, 3.63) is 11.9 Å². The Morgan fingerprint density at radius 3 is 2.74 bits per heavy atom. The van der Waals surface area contributed by atoms with Gasteiger partial charge in [0.1, 0.15) is 17.5 Å². The van der Waals surface area contributed by atoms with Crippen molar-refractivity contribution >= 4 is 11.6 Å². The van der Waals surface area contributed by atoms with Crippen molar-refractivity contribution in [2.75, 3.05) is 36.5 Å². The van der Waals surface area contributed by atoms with E-state index in [1.165, 1.54) is 19.3 Å². The lowest BCUT2D eigenvalue weighted by Gasteiger charge is -2.28. The maximum Gasteiger partial charge on any atom is 0.134 e. The summed E-state index contributed by atoms with van der Waals surface area (Å²) >= 11 is 0. The molecule has 5 nitrogen and oxygen atoms in total. The minimum absolute atomic E-state index is 0.512. The molecule has 0 aliphatic carbocycles. The second kappa shape index (κ2) is 6.37. The molecule has 0 atom stereocenters. The Morgan fingerprint density at radius 1 is 1.32 bits per heavy atom. The lowest BCUT2D eigenvalue weighted by molar-refractivity contribution is 0.572. The summed E-state index contributed by atoms with van der Waals surface area (Å²) in [6.45, 7) is 4.79. The molecule has 0 radical (unpaired) electrons. The highest BCUT2D eigenvalue weighted by Gasteiger charge is 2.14. The summed E-state index contributed by atoms with van der Waals surface area (Å²) in [5, 5.41) is 8.66. The zero-order valence-corrected chi connectivity index (χ0v) is 11.8. The second-order valence-electron chi connectivity index (χ2n) is 5.01. The molecule has 0 aromatic carbocycles. The van der Waals surface area contributed by atoms with E-state index in [0.717, 1.165) is 30.5 Å². The molecule has 102 valence electrons. The molecule has 2 heterocycles. The van der Waals surface area contributed by atoms with E-state index < -0.39 is 0 Å². The third kappa shape index (κ3) is 3.57. The fraction of sp³-hybridized carbons (Fsp3) is 0.643. The minimum atomic E-state index is 0.512. The lowest BCUT2D eigenvalue weighted by atomic mass is 10.1. The van der Waals surface area contributed by atoms with Crippen molar-refractivity contribution < 1.29 is 0 Å². The maximum absolute atomic E-state index is 8.66. The molecular formula is C14H21N5. The highest BCUT2D eigenvalue weighted by atomic mass is 15.2. The highest BCUT2D eigenvalue weighted by Crippen LogP contribution is 2.21. The van der Waals surface area contributed by atoms with Crippen LogP contribution < -0.4 is 9.80 Å². The van der Waals surface area contributed by atoms with Crippen LogP contribution in [-0.4, -0.2) is 36.6 Å². The zero-order chi connectivity index (χ0) is 13.7. The van der Waals surface area contributed by atoms with Gasteiger partial charge in [0.25, 0.3) is 0 Å². The smallest absolute Gasteiger partial charge is 0.134 e. The zero-order valence-electron chi connectivity index (χ0n) is 11.8. The molecule has 1 aromatic rings. The lowest BCUT2D eigenvalue weighted by Crippen LogP contribution is -2.31. The van der Waals surface area contributed by atoms with E-state index in [-0.39, 0.29) is 0 Å². The summed E-state index contributed by atoms with van der Waals surface area (Å²) in [6, 6.07) is 4.20. The van der Waals surface area contributed by atoms with E-state index in [1.807, 2.05) is 24.9 Å². The summed E-state index contributed by atoms with van der Waals surface area (Å²) in [5.41, 5.74) is 0. The van der Waals surface area contributed by atoms with Crippen LogP contribution in [0.25, 0.3) is 0 Å². The molecule has 0 unspecified atom stereocenters. The quantitative estimate of drug-likeness (QED) is 0.829. The number of hydrogen-bond donors (Lipinski definition) is 0. The van der Waals surface area contributed by atoms with Gasteiger partial charge in [0, 0.05) is 32.7 Å². The molecule has 19 heavy (non-hydrogen) atoms. The van der Waals surface area contributed by atoms with Crippen LogP contribution in [0.3, 0.4) is 0 Å². The number of aryl methyl sites for hydroxylation is 1. The van der Waals surface area contributed by atoms with Gasteiger partial charge in [-0.3, -0.25) is 0 Å². The van der Waals surface area contributed by atoms with Gasteiger partial charge in [0.05, 0.1) is 12.5 Å². The van der Waals surface area contributed by atoms with E-state index >= 15 is 0 Å². The van der Waals surface area contributed by atoms with Crippen LogP contribution in [0.4, 0.5) is 11.6 Å². The SMILES string of the molecule is Cc1nc(N(C)CCC#N)cc(N2CCCCC2)n1. The first-order valence-corrected chi connectivity index (χ1v) is 6.89. The second-order valence-corrected chi connectivity index (χ2v) is 5.01. The molecule has 0 saturated carbocycles. The number of anilines is 2. The van der Waals surface area contributed by atoms with E-state index in [2.05, 4.69) is 20.9 Å². The van der Waals surface area contributed by atoms with Crippen molar-refractivity contribution in [1.82, 2.24) is 9.97 Å². The Bertz CT molecular complexity index is 459. The van der Waals surface area contributed by atoms with Gasteiger partial charge in [-0.15, -0.1) is 0 Å². The molecule has 5 heteroatoms.